The fourth-order valence-electron chi connectivity index (χ4n) is 8.82. The molecule has 1 spiro atoms. The molecule has 4 aromatic carbocycles. The molecular weight excluding hydrogens is 468 g/mol. The quantitative estimate of drug-likeness (QED) is 0.263. The van der Waals surface area contributed by atoms with E-state index in [1.54, 1.807) is 0 Å². The second kappa shape index (κ2) is 6.74. The molecule has 4 heteroatoms. The lowest BCUT2D eigenvalue weighted by Gasteiger charge is -2.62. The number of piperidine rings is 1. The number of likely N-dealkylation sites (tertiary alicyclic amines) is 1. The number of hydrogen-bond acceptors (Lipinski definition) is 4. The lowest BCUT2D eigenvalue weighted by molar-refractivity contribution is -0.168. The Hall–Kier alpha value is -3.47. The van der Waals surface area contributed by atoms with E-state index in [0.717, 1.165) is 41.9 Å². The molecule has 0 unspecified atom stereocenters. The Balaban J connectivity index is 1.39. The number of aliphatic hydroxyl groups is 1. The fraction of sp³-hybridized carbons (Fsp3) is 0.324. The Morgan fingerprint density at radius 3 is 2.66 bits per heavy atom. The van der Waals surface area contributed by atoms with Crippen LogP contribution in [0.4, 0.5) is 0 Å². The van der Waals surface area contributed by atoms with Gasteiger partial charge in [0.15, 0.2) is 6.10 Å². The predicted octanol–water partition coefficient (Wildman–Crippen LogP) is 6.08. The minimum atomic E-state index is -0.892. The molecule has 9 rings (SSSR count). The number of benzene rings is 4. The van der Waals surface area contributed by atoms with Crippen molar-refractivity contribution in [1.29, 1.82) is 0 Å². The standard InChI is InChI=1S/C34H30N2O2/c1-18-8-9-21-16-27-34(37)17-26-19(2)22-12-13-24-23-7-5-4-6-20(23)10-11-25(24)29(22)35-30(26)32-33(34,14-15-36(27)3)28(21)31(18)38-32/h4-13,27,32,37H,14-17H2,1-3H3/t27-,32+,33+,34-/m1/s1. The summed E-state index contributed by atoms with van der Waals surface area (Å²) in [5.41, 5.74) is 6.89. The smallest absolute Gasteiger partial charge is 0.153 e. The van der Waals surface area contributed by atoms with Crippen molar-refractivity contribution in [2.75, 3.05) is 13.6 Å². The first-order valence-electron chi connectivity index (χ1n) is 13.9. The number of hydrogen-bond donors (Lipinski definition) is 1. The van der Waals surface area contributed by atoms with E-state index in [1.165, 1.54) is 49.2 Å². The minimum Gasteiger partial charge on any atom is -0.482 e. The van der Waals surface area contributed by atoms with Gasteiger partial charge in [-0.25, -0.2) is 4.98 Å². The van der Waals surface area contributed by atoms with Gasteiger partial charge in [0.05, 0.1) is 22.2 Å². The number of ether oxygens (including phenoxy) is 1. The second-order valence-corrected chi connectivity index (χ2v) is 12.2. The van der Waals surface area contributed by atoms with Gasteiger partial charge in [-0.15, -0.1) is 0 Å². The van der Waals surface area contributed by atoms with Crippen molar-refractivity contribution in [3.05, 3.63) is 94.2 Å². The molecule has 5 aromatic rings. The molecule has 0 radical (unpaired) electrons. The molecule has 2 bridgehead atoms. The number of fused-ring (bicyclic) bond motifs is 7. The highest BCUT2D eigenvalue weighted by atomic mass is 16.5. The summed E-state index contributed by atoms with van der Waals surface area (Å²) in [6.45, 7) is 5.32. The van der Waals surface area contributed by atoms with Crippen LogP contribution >= 0.6 is 0 Å². The summed E-state index contributed by atoms with van der Waals surface area (Å²) in [6.07, 6.45) is 2.08. The molecule has 3 heterocycles. The van der Waals surface area contributed by atoms with Crippen LogP contribution in [0.5, 0.6) is 5.75 Å². The van der Waals surface area contributed by atoms with Crippen molar-refractivity contribution < 1.29 is 9.84 Å². The van der Waals surface area contributed by atoms with Crippen molar-refractivity contribution in [3.63, 3.8) is 0 Å². The van der Waals surface area contributed by atoms with Crippen LogP contribution in [0.15, 0.2) is 60.7 Å². The first kappa shape index (κ1) is 21.5. The van der Waals surface area contributed by atoms with Gasteiger partial charge in [0.2, 0.25) is 0 Å². The first-order chi connectivity index (χ1) is 18.4. The van der Waals surface area contributed by atoms with Crippen molar-refractivity contribution in [3.8, 4) is 5.75 Å². The van der Waals surface area contributed by atoms with E-state index in [9.17, 15) is 5.11 Å². The molecule has 1 N–H and O–H groups in total. The molecule has 1 fully saturated rings. The largest absolute Gasteiger partial charge is 0.482 e. The van der Waals surface area contributed by atoms with Crippen molar-refractivity contribution in [2.24, 2.45) is 0 Å². The zero-order chi connectivity index (χ0) is 25.6. The summed E-state index contributed by atoms with van der Waals surface area (Å²) < 4.78 is 6.98. The van der Waals surface area contributed by atoms with Gasteiger partial charge < -0.3 is 14.7 Å². The van der Waals surface area contributed by atoms with Gasteiger partial charge in [-0.3, -0.25) is 0 Å². The number of likely N-dealkylation sites (N-methyl/N-ethyl adjacent to an activating group) is 1. The molecule has 1 aromatic heterocycles. The van der Waals surface area contributed by atoms with Crippen LogP contribution in [0.2, 0.25) is 0 Å². The van der Waals surface area contributed by atoms with Gasteiger partial charge in [0, 0.05) is 28.8 Å². The van der Waals surface area contributed by atoms with E-state index in [-0.39, 0.29) is 12.1 Å². The number of pyridine rings is 1. The molecule has 38 heavy (non-hydrogen) atoms. The number of rotatable bonds is 0. The summed E-state index contributed by atoms with van der Waals surface area (Å²) in [7, 11) is 2.18. The molecule has 0 amide bonds. The van der Waals surface area contributed by atoms with Crippen molar-refractivity contribution in [2.45, 2.75) is 56.3 Å². The van der Waals surface area contributed by atoms with Gasteiger partial charge in [-0.05, 0) is 78.7 Å². The molecule has 2 aliphatic heterocycles. The van der Waals surface area contributed by atoms with E-state index in [1.807, 2.05) is 0 Å². The average Bonchev–Trinajstić information content (AvgIpc) is 3.28. The highest BCUT2D eigenvalue weighted by molar-refractivity contribution is 6.16. The van der Waals surface area contributed by atoms with Gasteiger partial charge in [-0.2, -0.15) is 0 Å². The van der Waals surface area contributed by atoms with Crippen molar-refractivity contribution >= 4 is 32.4 Å². The fourth-order valence-corrected chi connectivity index (χ4v) is 8.82. The van der Waals surface area contributed by atoms with E-state index < -0.39 is 11.0 Å². The van der Waals surface area contributed by atoms with Gasteiger partial charge >= 0.3 is 0 Å². The normalized spacial score (nSPS) is 28.9. The molecular formula is C34H30N2O2. The summed E-state index contributed by atoms with van der Waals surface area (Å²) in [5, 5.41) is 19.0. The molecule has 188 valence electrons. The third-order valence-corrected chi connectivity index (χ3v) is 10.7. The third kappa shape index (κ3) is 2.23. The van der Waals surface area contributed by atoms with E-state index >= 15 is 0 Å². The maximum atomic E-state index is 12.9. The highest BCUT2D eigenvalue weighted by Crippen LogP contribution is 2.67. The Morgan fingerprint density at radius 1 is 0.947 bits per heavy atom. The zero-order valence-electron chi connectivity index (χ0n) is 22.0. The molecule has 0 saturated carbocycles. The Labute approximate surface area is 221 Å². The lowest BCUT2D eigenvalue weighted by Crippen LogP contribution is -2.74. The van der Waals surface area contributed by atoms with Crippen LogP contribution < -0.4 is 4.74 Å². The SMILES string of the molecule is Cc1ccc2c3c1O[C@H]1c4nc5c(ccc6c7ccccc7ccc65)c(C)c4C[C@@]4(O)[C@@H](C2)N(C)CC[C@]314. The molecule has 4 nitrogen and oxygen atoms in total. The first-order valence-corrected chi connectivity index (χ1v) is 13.9. The minimum absolute atomic E-state index is 0.0646. The maximum Gasteiger partial charge on any atom is 0.153 e. The van der Waals surface area contributed by atoms with Crippen LogP contribution in [0.3, 0.4) is 0 Å². The second-order valence-electron chi connectivity index (χ2n) is 12.2. The maximum absolute atomic E-state index is 12.9. The van der Waals surface area contributed by atoms with E-state index in [0.29, 0.717) is 6.42 Å². The summed E-state index contributed by atoms with van der Waals surface area (Å²) in [6, 6.07) is 22.1. The van der Waals surface area contributed by atoms with Crippen LogP contribution in [0.25, 0.3) is 32.4 Å². The van der Waals surface area contributed by atoms with Gasteiger partial charge in [-0.1, -0.05) is 60.7 Å². The average molecular weight is 499 g/mol. The van der Waals surface area contributed by atoms with Crippen LogP contribution in [0, 0.1) is 13.8 Å². The van der Waals surface area contributed by atoms with Gasteiger partial charge in [0.1, 0.15) is 5.75 Å². The highest BCUT2D eigenvalue weighted by Gasteiger charge is 2.72. The van der Waals surface area contributed by atoms with Crippen LogP contribution in [0.1, 0.15) is 46.0 Å². The van der Waals surface area contributed by atoms with Crippen LogP contribution in [-0.4, -0.2) is 40.2 Å². The monoisotopic (exact) mass is 498 g/mol. The van der Waals surface area contributed by atoms with E-state index in [2.05, 4.69) is 86.5 Å². The Morgan fingerprint density at radius 2 is 1.76 bits per heavy atom. The Bertz CT molecular complexity index is 1890. The summed E-state index contributed by atoms with van der Waals surface area (Å²) in [5.74, 6) is 0.991. The van der Waals surface area contributed by atoms with Gasteiger partial charge in [0.25, 0.3) is 0 Å². The molecule has 1 saturated heterocycles. The molecule has 4 aliphatic rings. The molecule has 2 aliphatic carbocycles. The summed E-state index contributed by atoms with van der Waals surface area (Å²) in [4.78, 5) is 7.88. The topological polar surface area (TPSA) is 45.6 Å². The number of aryl methyl sites for hydroxylation is 2. The lowest BCUT2D eigenvalue weighted by atomic mass is 9.48. The zero-order valence-corrected chi connectivity index (χ0v) is 22.0. The van der Waals surface area contributed by atoms with Crippen molar-refractivity contribution in [1.82, 2.24) is 9.88 Å². The number of aromatic nitrogens is 1. The number of nitrogens with zero attached hydrogens (tertiary/aromatic N) is 2. The van der Waals surface area contributed by atoms with E-state index in [4.69, 9.17) is 9.72 Å². The predicted molar refractivity (Wildman–Crippen MR) is 151 cm³/mol. The summed E-state index contributed by atoms with van der Waals surface area (Å²) >= 11 is 0. The Kier molecular flexibility index (Phi) is 3.81. The molecule has 4 atom stereocenters. The van der Waals surface area contributed by atoms with Crippen LogP contribution in [-0.2, 0) is 18.3 Å². The third-order valence-electron chi connectivity index (χ3n) is 10.7.